The summed E-state index contributed by atoms with van der Waals surface area (Å²) in [6, 6.07) is 0. The first-order valence-electron chi connectivity index (χ1n) is 6.29. The molecule has 0 aromatic carbocycles. The van der Waals surface area contributed by atoms with Gasteiger partial charge in [0.2, 0.25) is 0 Å². The highest BCUT2D eigenvalue weighted by Crippen LogP contribution is 2.16. The van der Waals surface area contributed by atoms with E-state index in [1.807, 2.05) is 6.92 Å². The van der Waals surface area contributed by atoms with Crippen LogP contribution in [-0.4, -0.2) is 32.0 Å². The Morgan fingerprint density at radius 1 is 1.58 bits per heavy atom. The summed E-state index contributed by atoms with van der Waals surface area (Å²) in [6.45, 7) is 5.14. The minimum atomic E-state index is -0.886. The number of hydrogen-bond acceptors (Lipinski definition) is 4. The lowest BCUT2D eigenvalue weighted by molar-refractivity contribution is 0.541. The molecule has 0 spiro atoms. The van der Waals surface area contributed by atoms with Gasteiger partial charge in [0, 0.05) is 35.4 Å². The summed E-state index contributed by atoms with van der Waals surface area (Å²) < 4.78 is 13.2. The number of anilines is 1. The van der Waals surface area contributed by atoms with E-state index in [2.05, 4.69) is 33.3 Å². The van der Waals surface area contributed by atoms with E-state index >= 15 is 0 Å². The maximum Gasteiger partial charge on any atom is 0.283 e. The summed E-state index contributed by atoms with van der Waals surface area (Å²) >= 11 is 3.30. The standard InChI is InChI=1S/C12H20BrN3O2S/c1-4-5-6-16-12(17)11(13)10(8-15-16)14-7-9(2)19(3)18/h8-9,14H,4-7H2,1-3H3. The summed E-state index contributed by atoms with van der Waals surface area (Å²) in [4.78, 5) is 12.0. The number of unbranched alkanes of at least 4 members (excludes halogenated alkanes) is 1. The molecule has 0 saturated carbocycles. The number of rotatable bonds is 7. The van der Waals surface area contributed by atoms with Crippen molar-refractivity contribution in [3.8, 4) is 0 Å². The highest BCUT2D eigenvalue weighted by molar-refractivity contribution is 9.10. The van der Waals surface area contributed by atoms with Crippen molar-refractivity contribution in [2.45, 2.75) is 38.5 Å². The number of nitrogens with zero attached hydrogens (tertiary/aromatic N) is 2. The van der Waals surface area contributed by atoms with E-state index in [9.17, 15) is 9.00 Å². The van der Waals surface area contributed by atoms with Crippen molar-refractivity contribution in [2.75, 3.05) is 18.1 Å². The van der Waals surface area contributed by atoms with E-state index in [1.165, 1.54) is 4.68 Å². The molecule has 0 aliphatic heterocycles. The van der Waals surface area contributed by atoms with Crippen molar-refractivity contribution in [2.24, 2.45) is 0 Å². The predicted octanol–water partition coefficient (Wildman–Crippen LogP) is 1.98. The van der Waals surface area contributed by atoms with E-state index < -0.39 is 10.8 Å². The van der Waals surface area contributed by atoms with E-state index in [0.29, 0.717) is 23.2 Å². The van der Waals surface area contributed by atoms with Crippen LogP contribution in [0.2, 0.25) is 0 Å². The molecule has 108 valence electrons. The molecule has 0 aliphatic rings. The maximum absolute atomic E-state index is 12.0. The minimum absolute atomic E-state index is 0.0226. The molecule has 1 aromatic heterocycles. The van der Waals surface area contributed by atoms with E-state index in [0.717, 1.165) is 12.8 Å². The Hall–Kier alpha value is -0.690. The van der Waals surface area contributed by atoms with Gasteiger partial charge in [0.05, 0.1) is 11.9 Å². The molecular formula is C12H20BrN3O2S. The molecule has 19 heavy (non-hydrogen) atoms. The quantitative estimate of drug-likeness (QED) is 0.817. The first-order valence-corrected chi connectivity index (χ1v) is 8.70. The van der Waals surface area contributed by atoms with Crippen molar-refractivity contribution in [3.63, 3.8) is 0 Å². The van der Waals surface area contributed by atoms with E-state index in [4.69, 9.17) is 0 Å². The first-order chi connectivity index (χ1) is 8.97. The van der Waals surface area contributed by atoms with Gasteiger partial charge in [-0.05, 0) is 29.3 Å². The maximum atomic E-state index is 12.0. The monoisotopic (exact) mass is 349 g/mol. The van der Waals surface area contributed by atoms with E-state index in [-0.39, 0.29) is 10.8 Å². The highest BCUT2D eigenvalue weighted by Gasteiger charge is 2.11. The van der Waals surface area contributed by atoms with Gasteiger partial charge in [0.15, 0.2) is 0 Å². The minimum Gasteiger partial charge on any atom is -0.381 e. The second kappa shape index (κ2) is 7.79. The molecule has 1 aromatic rings. The lowest BCUT2D eigenvalue weighted by Crippen LogP contribution is -2.26. The van der Waals surface area contributed by atoms with Crippen LogP contribution in [-0.2, 0) is 17.3 Å². The van der Waals surface area contributed by atoms with Crippen molar-refractivity contribution in [3.05, 3.63) is 21.0 Å². The van der Waals surface area contributed by atoms with Gasteiger partial charge in [-0.3, -0.25) is 9.00 Å². The number of hydrogen-bond donors (Lipinski definition) is 1. The van der Waals surface area contributed by atoms with Crippen molar-refractivity contribution in [1.29, 1.82) is 0 Å². The van der Waals surface area contributed by atoms with Crippen LogP contribution in [0.3, 0.4) is 0 Å². The molecule has 2 atom stereocenters. The van der Waals surface area contributed by atoms with Crippen LogP contribution in [0.15, 0.2) is 15.5 Å². The van der Waals surface area contributed by atoms with Crippen LogP contribution < -0.4 is 10.9 Å². The number of halogens is 1. The van der Waals surface area contributed by atoms with Gasteiger partial charge in [-0.1, -0.05) is 13.3 Å². The summed E-state index contributed by atoms with van der Waals surface area (Å²) in [6.07, 6.45) is 5.25. The van der Waals surface area contributed by atoms with E-state index in [1.54, 1.807) is 12.5 Å². The molecule has 0 fully saturated rings. The zero-order valence-electron chi connectivity index (χ0n) is 11.5. The number of nitrogens with one attached hydrogen (secondary N) is 1. The fourth-order valence-corrected chi connectivity index (χ4v) is 2.19. The second-order valence-electron chi connectivity index (χ2n) is 4.44. The highest BCUT2D eigenvalue weighted by atomic mass is 79.9. The molecule has 7 heteroatoms. The van der Waals surface area contributed by atoms with Crippen molar-refractivity contribution >= 4 is 32.4 Å². The zero-order chi connectivity index (χ0) is 14.4. The molecule has 1 N–H and O–H groups in total. The van der Waals surface area contributed by atoms with Crippen molar-refractivity contribution < 1.29 is 4.21 Å². The molecule has 0 amide bonds. The van der Waals surface area contributed by atoms with Crippen LogP contribution in [0, 0.1) is 0 Å². The third kappa shape index (κ3) is 4.72. The molecule has 0 bridgehead atoms. The first kappa shape index (κ1) is 16.4. The summed E-state index contributed by atoms with van der Waals surface area (Å²) in [7, 11) is -0.886. The van der Waals surface area contributed by atoms with Crippen molar-refractivity contribution in [1.82, 2.24) is 9.78 Å². The number of aryl methyl sites for hydroxylation is 1. The molecular weight excluding hydrogens is 330 g/mol. The van der Waals surface area contributed by atoms with Crippen LogP contribution >= 0.6 is 15.9 Å². The van der Waals surface area contributed by atoms with Gasteiger partial charge in [-0.2, -0.15) is 5.10 Å². The lowest BCUT2D eigenvalue weighted by Gasteiger charge is -2.13. The van der Waals surface area contributed by atoms with Gasteiger partial charge in [0.1, 0.15) is 4.47 Å². The Morgan fingerprint density at radius 3 is 2.84 bits per heavy atom. The molecule has 0 aliphatic carbocycles. The molecule has 2 unspecified atom stereocenters. The molecule has 0 saturated heterocycles. The predicted molar refractivity (Wildman–Crippen MR) is 83.1 cm³/mol. The Kier molecular flexibility index (Phi) is 6.71. The Bertz CT molecular complexity index is 504. The lowest BCUT2D eigenvalue weighted by atomic mass is 10.3. The van der Waals surface area contributed by atoms with Gasteiger partial charge in [0.25, 0.3) is 5.56 Å². The Morgan fingerprint density at radius 2 is 2.26 bits per heavy atom. The molecule has 1 heterocycles. The molecule has 5 nitrogen and oxygen atoms in total. The van der Waals surface area contributed by atoms with Gasteiger partial charge in [-0.15, -0.1) is 0 Å². The van der Waals surface area contributed by atoms with Crippen LogP contribution in [0.5, 0.6) is 0 Å². The largest absolute Gasteiger partial charge is 0.381 e. The fraction of sp³-hybridized carbons (Fsp3) is 0.667. The zero-order valence-corrected chi connectivity index (χ0v) is 13.9. The number of aromatic nitrogens is 2. The third-order valence-corrected chi connectivity index (χ3v) is 4.92. The summed E-state index contributed by atoms with van der Waals surface area (Å²) in [5.41, 5.74) is 0.513. The van der Waals surface area contributed by atoms with Gasteiger partial charge in [-0.25, -0.2) is 4.68 Å². The SMILES string of the molecule is CCCCn1ncc(NCC(C)S(C)=O)c(Br)c1=O. The van der Waals surface area contributed by atoms with Gasteiger partial charge >= 0.3 is 0 Å². The molecule has 1 rings (SSSR count). The second-order valence-corrected chi connectivity index (χ2v) is 7.04. The summed E-state index contributed by atoms with van der Waals surface area (Å²) in [5, 5.41) is 7.26. The smallest absolute Gasteiger partial charge is 0.283 e. The molecule has 0 radical (unpaired) electrons. The average molecular weight is 350 g/mol. The van der Waals surface area contributed by atoms with Gasteiger partial charge < -0.3 is 5.32 Å². The fourth-order valence-electron chi connectivity index (χ4n) is 1.43. The van der Waals surface area contributed by atoms with Crippen LogP contribution in [0.25, 0.3) is 0 Å². The topological polar surface area (TPSA) is 64.0 Å². The normalized spacial score (nSPS) is 14.1. The van der Waals surface area contributed by atoms with Crippen LogP contribution in [0.1, 0.15) is 26.7 Å². The third-order valence-electron chi connectivity index (χ3n) is 2.85. The average Bonchev–Trinajstić information content (AvgIpc) is 2.38. The summed E-state index contributed by atoms with van der Waals surface area (Å²) in [5.74, 6) is 0. The Balaban J connectivity index is 2.79. The van der Waals surface area contributed by atoms with Crippen LogP contribution in [0.4, 0.5) is 5.69 Å². The Labute approximate surface area is 124 Å².